The van der Waals surface area contributed by atoms with E-state index in [1.54, 1.807) is 31.4 Å². The normalized spacial score (nSPS) is 24.2. The molecular formula is C63H63NO12S. The molecule has 77 heavy (non-hydrogen) atoms. The summed E-state index contributed by atoms with van der Waals surface area (Å²) in [5, 5.41) is 12.9. The monoisotopic (exact) mass is 1060 g/mol. The van der Waals surface area contributed by atoms with Crippen LogP contribution >= 0.6 is 11.8 Å². The van der Waals surface area contributed by atoms with Gasteiger partial charge in [0.05, 0.1) is 64.5 Å². The van der Waals surface area contributed by atoms with Gasteiger partial charge in [-0.15, -0.1) is 0 Å². The Balaban J connectivity index is 1.05. The van der Waals surface area contributed by atoms with Gasteiger partial charge in [0.2, 0.25) is 0 Å². The Hall–Kier alpha value is -6.53. The number of carbonyl (C=O) groups excluding carboxylic acids is 2. The van der Waals surface area contributed by atoms with Gasteiger partial charge in [0.25, 0.3) is 11.8 Å². The first kappa shape index (κ1) is 53.9. The number of aliphatic hydroxyl groups is 1. The molecule has 0 radical (unpaired) electrons. The number of aryl methyl sites for hydroxylation is 1. The van der Waals surface area contributed by atoms with Crippen LogP contribution in [0.2, 0.25) is 0 Å². The van der Waals surface area contributed by atoms with Gasteiger partial charge in [-0.2, -0.15) is 0 Å². The molecule has 10 atom stereocenters. The molecule has 1 N–H and O–H groups in total. The average molecular weight is 1060 g/mol. The molecule has 0 aliphatic carbocycles. The van der Waals surface area contributed by atoms with E-state index < -0.39 is 72.3 Å². The van der Waals surface area contributed by atoms with Crippen molar-refractivity contribution in [3.05, 3.63) is 239 Å². The van der Waals surface area contributed by atoms with Crippen LogP contribution in [0.15, 0.2) is 199 Å². The lowest BCUT2D eigenvalue weighted by Gasteiger charge is -2.51. The smallest absolute Gasteiger partial charge is 0.262 e. The molecule has 0 saturated carbocycles. The van der Waals surface area contributed by atoms with E-state index in [9.17, 15) is 14.7 Å². The Bertz CT molecular complexity index is 2920. The quantitative estimate of drug-likeness (QED) is 0.0609. The molecule has 398 valence electrons. The summed E-state index contributed by atoms with van der Waals surface area (Å²) < 4.78 is 60.5. The lowest BCUT2D eigenvalue weighted by atomic mass is 9.94. The molecule has 0 aromatic heterocycles. The minimum absolute atomic E-state index is 0.0167. The van der Waals surface area contributed by atoms with Crippen LogP contribution in [0.4, 0.5) is 0 Å². The zero-order valence-electron chi connectivity index (χ0n) is 43.0. The molecule has 7 aromatic rings. The first-order chi connectivity index (χ1) is 37.8. The lowest BCUT2D eigenvalue weighted by molar-refractivity contribution is -0.348. The summed E-state index contributed by atoms with van der Waals surface area (Å²) in [6.07, 6.45) is -8.91. The van der Waals surface area contributed by atoms with E-state index >= 15 is 0 Å². The minimum atomic E-state index is -1.49. The number of methoxy groups -OCH3 is 1. The molecule has 7 aromatic carbocycles. The van der Waals surface area contributed by atoms with Crippen LogP contribution in [0.25, 0.3) is 0 Å². The maximum Gasteiger partial charge on any atom is 0.262 e. The summed E-state index contributed by atoms with van der Waals surface area (Å²) in [6, 6.07) is 60.2. The molecule has 2 amide bonds. The van der Waals surface area contributed by atoms with Crippen molar-refractivity contribution < 1.29 is 57.3 Å². The molecule has 0 spiro atoms. The summed E-state index contributed by atoms with van der Waals surface area (Å²) >= 11 is 1.38. The number of nitrogens with zero attached hydrogens (tertiary/aromatic N) is 1. The Labute approximate surface area is 453 Å². The Morgan fingerprint density at radius 2 is 0.935 bits per heavy atom. The molecule has 13 nitrogen and oxygen atoms in total. The predicted octanol–water partition coefficient (Wildman–Crippen LogP) is 10.1. The molecule has 3 aliphatic heterocycles. The van der Waals surface area contributed by atoms with E-state index in [1.165, 1.54) is 16.7 Å². The van der Waals surface area contributed by atoms with E-state index in [4.69, 9.17) is 42.6 Å². The molecular weight excluding hydrogens is 995 g/mol. The maximum atomic E-state index is 14.8. The summed E-state index contributed by atoms with van der Waals surface area (Å²) in [4.78, 5) is 31.8. The van der Waals surface area contributed by atoms with Gasteiger partial charge in [0, 0.05) is 4.90 Å². The van der Waals surface area contributed by atoms with Crippen LogP contribution in [0.3, 0.4) is 0 Å². The van der Waals surface area contributed by atoms with Crippen LogP contribution < -0.4 is 4.74 Å². The number of rotatable bonds is 23. The number of thioether (sulfide) groups is 1. The van der Waals surface area contributed by atoms with Gasteiger partial charge in [-0.3, -0.25) is 14.5 Å². The second-order valence-corrected chi connectivity index (χ2v) is 20.4. The van der Waals surface area contributed by atoms with Crippen molar-refractivity contribution in [3.8, 4) is 5.75 Å². The molecule has 2 fully saturated rings. The molecule has 10 rings (SSSR count). The average Bonchev–Trinajstić information content (AvgIpc) is 3.79. The van der Waals surface area contributed by atoms with E-state index in [-0.39, 0.29) is 57.4 Å². The van der Waals surface area contributed by atoms with Gasteiger partial charge in [0.1, 0.15) is 60.0 Å². The largest absolute Gasteiger partial charge is 0.497 e. The summed E-state index contributed by atoms with van der Waals surface area (Å²) in [5.41, 5.74) is 5.17. The number of carbonyl (C=O) groups is 2. The standard InChI is InChI=1S/C63H63NO12S/c1-42-27-33-49(34-28-42)77-63-54(64-60(66)50-25-15-16-26-51(50)61(64)67)58(72-38-46-23-13-6-14-24-46)57(53(75-63)41-70-36-44-19-9-4-10-20-44)76-62-55(65)59(73-39-47-29-31-48(68-2)32-30-47)56(71-37-45-21-11-5-12-22-45)52(74-62)40-69-35-43-17-7-3-8-18-43/h3-34,52-59,62-63,65H,35-41H2,1-2H3/t52-,53-,54-,55-,56+,57-,58-,59-,62+,63+/m1/s1. The maximum absolute atomic E-state index is 14.8. The molecule has 0 unspecified atom stereocenters. The van der Waals surface area contributed by atoms with E-state index in [1.807, 2.05) is 177 Å². The van der Waals surface area contributed by atoms with Crippen LogP contribution in [-0.2, 0) is 70.9 Å². The van der Waals surface area contributed by atoms with E-state index in [0.29, 0.717) is 5.75 Å². The highest BCUT2D eigenvalue weighted by atomic mass is 32.2. The highest BCUT2D eigenvalue weighted by molar-refractivity contribution is 7.99. The van der Waals surface area contributed by atoms with Crippen molar-refractivity contribution in [2.75, 3.05) is 20.3 Å². The van der Waals surface area contributed by atoms with Crippen LogP contribution in [0, 0.1) is 6.92 Å². The molecule has 2 saturated heterocycles. The highest BCUT2D eigenvalue weighted by Gasteiger charge is 2.57. The number of ether oxygens (including phenoxy) is 9. The summed E-state index contributed by atoms with van der Waals surface area (Å²) in [7, 11) is 1.61. The van der Waals surface area contributed by atoms with E-state index in [2.05, 4.69) is 0 Å². The third-order valence-electron chi connectivity index (χ3n) is 13.9. The van der Waals surface area contributed by atoms with Gasteiger partial charge in [-0.1, -0.05) is 175 Å². The highest BCUT2D eigenvalue weighted by Crippen LogP contribution is 2.43. The number of fused-ring (bicyclic) bond motifs is 1. The third-order valence-corrected chi connectivity index (χ3v) is 15.0. The second kappa shape index (κ2) is 26.2. The van der Waals surface area contributed by atoms with Gasteiger partial charge in [-0.05, 0) is 71.1 Å². The van der Waals surface area contributed by atoms with Crippen molar-refractivity contribution in [2.24, 2.45) is 0 Å². The predicted molar refractivity (Wildman–Crippen MR) is 290 cm³/mol. The van der Waals surface area contributed by atoms with Crippen molar-refractivity contribution >= 4 is 23.6 Å². The summed E-state index contributed by atoms with van der Waals surface area (Å²) in [5.74, 6) is -0.294. The minimum Gasteiger partial charge on any atom is -0.497 e. The number of aliphatic hydroxyl groups excluding tert-OH is 1. The van der Waals surface area contributed by atoms with Gasteiger partial charge in [0.15, 0.2) is 6.29 Å². The number of hydrogen-bond donors (Lipinski definition) is 1. The third kappa shape index (κ3) is 13.4. The Morgan fingerprint density at radius 1 is 0.494 bits per heavy atom. The van der Waals surface area contributed by atoms with Crippen molar-refractivity contribution in [3.63, 3.8) is 0 Å². The number of hydrogen-bond acceptors (Lipinski definition) is 13. The topological polar surface area (TPSA) is 141 Å². The molecule has 3 aliphatic rings. The molecule has 3 heterocycles. The van der Waals surface area contributed by atoms with Crippen LogP contribution in [0.1, 0.15) is 54.1 Å². The lowest BCUT2D eigenvalue weighted by Crippen LogP contribution is -2.68. The van der Waals surface area contributed by atoms with Crippen molar-refractivity contribution in [1.29, 1.82) is 0 Å². The SMILES string of the molecule is COc1ccc(CO[C@@H]2[C@@H](O)[C@H](O[C@H]3[C@H](OCc4ccccc4)[C@@H](N4C(=O)c5ccccc5C4=O)[C@H](Sc4ccc(C)cc4)O[C@@H]3COCc3ccccc3)O[C@H](COCc3ccccc3)[C@@H]2OCc2ccccc2)cc1. The van der Waals surface area contributed by atoms with Crippen molar-refractivity contribution in [1.82, 2.24) is 4.90 Å². The first-order valence-electron chi connectivity index (χ1n) is 25.9. The van der Waals surface area contributed by atoms with Gasteiger partial charge in [-0.25, -0.2) is 0 Å². The zero-order chi connectivity index (χ0) is 52.9. The number of amides is 2. The van der Waals surface area contributed by atoms with Crippen molar-refractivity contribution in [2.45, 2.75) is 105 Å². The zero-order valence-corrected chi connectivity index (χ0v) is 43.8. The fourth-order valence-corrected chi connectivity index (χ4v) is 11.0. The Kier molecular flexibility index (Phi) is 18.3. The summed E-state index contributed by atoms with van der Waals surface area (Å²) in [6.45, 7) is 2.87. The molecule has 0 bridgehead atoms. The first-order valence-corrected chi connectivity index (χ1v) is 26.8. The number of benzene rings is 7. The second-order valence-electron chi connectivity index (χ2n) is 19.3. The fourth-order valence-electron chi connectivity index (χ4n) is 9.85. The Morgan fingerprint density at radius 3 is 1.44 bits per heavy atom. The van der Waals surface area contributed by atoms with Crippen LogP contribution in [-0.4, -0.2) is 103 Å². The number of imide groups is 1. The van der Waals surface area contributed by atoms with Gasteiger partial charge >= 0.3 is 0 Å². The van der Waals surface area contributed by atoms with Gasteiger partial charge < -0.3 is 47.7 Å². The van der Waals surface area contributed by atoms with Crippen LogP contribution in [0.5, 0.6) is 5.75 Å². The fraction of sp³-hybridized carbons (Fsp3) is 0.302. The van der Waals surface area contributed by atoms with E-state index in [0.717, 1.165) is 38.3 Å². The molecule has 14 heteroatoms.